The van der Waals surface area contributed by atoms with Crippen LogP contribution in [0.5, 0.6) is 0 Å². The van der Waals surface area contributed by atoms with Crippen LogP contribution in [0.25, 0.3) is 0 Å². The molecule has 0 aromatic heterocycles. The van der Waals surface area contributed by atoms with Gasteiger partial charge in [-0.3, -0.25) is 9.69 Å². The smallest absolute Gasteiger partial charge is 0.324 e. The lowest BCUT2D eigenvalue weighted by atomic mass is 10.1. The van der Waals surface area contributed by atoms with E-state index in [0.29, 0.717) is 18.8 Å². The van der Waals surface area contributed by atoms with Crippen LogP contribution in [-0.2, 0) is 17.8 Å². The van der Waals surface area contributed by atoms with Crippen molar-refractivity contribution in [1.29, 1.82) is 0 Å². The van der Waals surface area contributed by atoms with Crippen LogP contribution in [-0.4, -0.2) is 29.9 Å². The molecule has 4 rings (SSSR count). The predicted octanol–water partition coefficient (Wildman–Crippen LogP) is 5.15. The van der Waals surface area contributed by atoms with Gasteiger partial charge in [0.15, 0.2) is 0 Å². The van der Waals surface area contributed by atoms with Gasteiger partial charge in [-0.2, -0.15) is 0 Å². The van der Waals surface area contributed by atoms with Gasteiger partial charge in [0.2, 0.25) is 5.91 Å². The zero-order valence-electron chi connectivity index (χ0n) is 18.1. The highest BCUT2D eigenvalue weighted by atomic mass is 19.1. The van der Waals surface area contributed by atoms with Crippen LogP contribution in [0.3, 0.4) is 0 Å². The molecule has 0 bridgehead atoms. The van der Waals surface area contributed by atoms with E-state index < -0.39 is 0 Å². The molecule has 0 atom stereocenters. The molecular formula is C26H26FN3O2. The van der Waals surface area contributed by atoms with Gasteiger partial charge < -0.3 is 10.2 Å². The molecule has 6 heteroatoms. The van der Waals surface area contributed by atoms with Crippen LogP contribution in [0.15, 0.2) is 72.8 Å². The number of hydrogen-bond acceptors (Lipinski definition) is 2. The molecule has 1 saturated heterocycles. The molecule has 1 fully saturated rings. The number of nitrogens with one attached hydrogen (secondary N) is 1. The van der Waals surface area contributed by atoms with E-state index in [-0.39, 0.29) is 24.2 Å². The zero-order chi connectivity index (χ0) is 22.5. The number of carbonyl (C=O) groups excluding carboxylic acids is 2. The molecule has 0 radical (unpaired) electrons. The standard InChI is InChI=1S/C26H26FN3O2/c1-19-6-2-3-7-21(19)18-29-14-5-15-30(26(29)32)24-9-4-8-23(17-24)28-25(31)16-20-10-12-22(27)13-11-20/h2-4,6-13,17H,5,14-16,18H2,1H3,(H,28,31). The highest BCUT2D eigenvalue weighted by molar-refractivity contribution is 5.95. The summed E-state index contributed by atoms with van der Waals surface area (Å²) in [4.78, 5) is 29.2. The Morgan fingerprint density at radius 2 is 1.78 bits per heavy atom. The van der Waals surface area contributed by atoms with E-state index in [1.165, 1.54) is 17.7 Å². The molecule has 3 aromatic carbocycles. The Morgan fingerprint density at radius 3 is 2.56 bits per heavy atom. The molecule has 1 aliphatic heterocycles. The molecule has 0 spiro atoms. The normalized spacial score (nSPS) is 13.9. The molecule has 1 heterocycles. The van der Waals surface area contributed by atoms with E-state index in [1.807, 2.05) is 35.2 Å². The summed E-state index contributed by atoms with van der Waals surface area (Å²) >= 11 is 0. The molecule has 0 saturated carbocycles. The number of halogens is 1. The second kappa shape index (κ2) is 9.64. The maximum atomic E-state index is 13.2. The average Bonchev–Trinajstić information content (AvgIpc) is 2.78. The Balaban J connectivity index is 1.43. The molecule has 0 unspecified atom stereocenters. The van der Waals surface area contributed by atoms with E-state index in [9.17, 15) is 14.0 Å². The van der Waals surface area contributed by atoms with Gasteiger partial charge in [0.25, 0.3) is 0 Å². The number of hydrogen-bond donors (Lipinski definition) is 1. The number of benzene rings is 3. The lowest BCUT2D eigenvalue weighted by Gasteiger charge is -2.36. The second-order valence-electron chi connectivity index (χ2n) is 8.04. The monoisotopic (exact) mass is 431 g/mol. The molecule has 1 N–H and O–H groups in total. The maximum absolute atomic E-state index is 13.2. The summed E-state index contributed by atoms with van der Waals surface area (Å²) in [6.07, 6.45) is 1.02. The fourth-order valence-electron chi connectivity index (χ4n) is 3.91. The molecule has 5 nitrogen and oxygen atoms in total. The van der Waals surface area contributed by atoms with Crippen molar-refractivity contribution < 1.29 is 14.0 Å². The predicted molar refractivity (Wildman–Crippen MR) is 124 cm³/mol. The van der Waals surface area contributed by atoms with Crippen molar-refractivity contribution in [3.8, 4) is 0 Å². The van der Waals surface area contributed by atoms with Crippen molar-refractivity contribution in [2.24, 2.45) is 0 Å². The van der Waals surface area contributed by atoms with Crippen LogP contribution in [0.4, 0.5) is 20.6 Å². The van der Waals surface area contributed by atoms with Crippen molar-refractivity contribution in [1.82, 2.24) is 4.90 Å². The van der Waals surface area contributed by atoms with E-state index in [0.717, 1.165) is 29.8 Å². The SMILES string of the molecule is Cc1ccccc1CN1CCCN(c2cccc(NC(=O)Cc3ccc(F)cc3)c2)C1=O. The van der Waals surface area contributed by atoms with Gasteiger partial charge in [0.1, 0.15) is 5.82 Å². The summed E-state index contributed by atoms with van der Waals surface area (Å²) in [5.41, 5.74) is 4.42. The first kappa shape index (κ1) is 21.6. The molecular weight excluding hydrogens is 405 g/mol. The Kier molecular flexibility index (Phi) is 6.50. The van der Waals surface area contributed by atoms with E-state index >= 15 is 0 Å². The van der Waals surface area contributed by atoms with E-state index in [2.05, 4.69) is 24.4 Å². The van der Waals surface area contributed by atoms with Crippen LogP contribution in [0.2, 0.25) is 0 Å². The van der Waals surface area contributed by atoms with Crippen LogP contribution < -0.4 is 10.2 Å². The van der Waals surface area contributed by atoms with E-state index in [4.69, 9.17) is 0 Å². The molecule has 1 aliphatic rings. The van der Waals surface area contributed by atoms with Crippen molar-refractivity contribution in [3.05, 3.63) is 95.3 Å². The third-order valence-electron chi connectivity index (χ3n) is 5.65. The zero-order valence-corrected chi connectivity index (χ0v) is 18.1. The lowest BCUT2D eigenvalue weighted by Crippen LogP contribution is -2.49. The maximum Gasteiger partial charge on any atom is 0.324 e. The summed E-state index contributed by atoms with van der Waals surface area (Å²) in [5, 5.41) is 2.87. The summed E-state index contributed by atoms with van der Waals surface area (Å²) in [6, 6.07) is 21.3. The minimum atomic E-state index is -0.329. The number of aryl methyl sites for hydroxylation is 1. The van der Waals surface area contributed by atoms with Gasteiger partial charge >= 0.3 is 6.03 Å². The Morgan fingerprint density at radius 1 is 1.00 bits per heavy atom. The largest absolute Gasteiger partial charge is 0.326 e. The van der Waals surface area contributed by atoms with Crippen molar-refractivity contribution in [2.45, 2.75) is 26.3 Å². The number of rotatable bonds is 6. The van der Waals surface area contributed by atoms with E-state index in [1.54, 1.807) is 23.1 Å². The minimum absolute atomic E-state index is 0.0331. The fraction of sp³-hybridized carbons (Fsp3) is 0.231. The van der Waals surface area contributed by atoms with Crippen molar-refractivity contribution >= 4 is 23.3 Å². The van der Waals surface area contributed by atoms with Gasteiger partial charge in [0.05, 0.1) is 6.42 Å². The van der Waals surface area contributed by atoms with Gasteiger partial charge in [-0.25, -0.2) is 9.18 Å². The third kappa shape index (κ3) is 5.14. The lowest BCUT2D eigenvalue weighted by molar-refractivity contribution is -0.115. The first-order valence-corrected chi connectivity index (χ1v) is 10.7. The van der Waals surface area contributed by atoms with Crippen molar-refractivity contribution in [2.75, 3.05) is 23.3 Å². The average molecular weight is 432 g/mol. The Labute approximate surface area is 187 Å². The summed E-state index contributed by atoms with van der Waals surface area (Å²) in [6.45, 7) is 3.99. The summed E-state index contributed by atoms with van der Waals surface area (Å²) in [5.74, 6) is -0.524. The number of anilines is 2. The first-order chi connectivity index (χ1) is 15.5. The molecule has 3 amide bonds. The Hall–Kier alpha value is -3.67. The highest BCUT2D eigenvalue weighted by Crippen LogP contribution is 2.25. The second-order valence-corrected chi connectivity index (χ2v) is 8.04. The number of urea groups is 1. The fourth-order valence-corrected chi connectivity index (χ4v) is 3.91. The highest BCUT2D eigenvalue weighted by Gasteiger charge is 2.27. The van der Waals surface area contributed by atoms with Crippen LogP contribution in [0.1, 0.15) is 23.1 Å². The van der Waals surface area contributed by atoms with Gasteiger partial charge in [0, 0.05) is 31.0 Å². The minimum Gasteiger partial charge on any atom is -0.326 e. The molecule has 32 heavy (non-hydrogen) atoms. The van der Waals surface area contributed by atoms with Gasteiger partial charge in [-0.15, -0.1) is 0 Å². The number of nitrogens with zero attached hydrogens (tertiary/aromatic N) is 2. The number of carbonyl (C=O) groups is 2. The molecule has 164 valence electrons. The summed E-state index contributed by atoms with van der Waals surface area (Å²) < 4.78 is 13.1. The Bertz CT molecular complexity index is 1110. The quantitative estimate of drug-likeness (QED) is 0.587. The molecule has 0 aliphatic carbocycles. The summed E-state index contributed by atoms with van der Waals surface area (Å²) in [7, 11) is 0. The third-order valence-corrected chi connectivity index (χ3v) is 5.65. The number of amides is 3. The van der Waals surface area contributed by atoms with Crippen LogP contribution in [0, 0.1) is 12.7 Å². The van der Waals surface area contributed by atoms with Crippen molar-refractivity contribution in [3.63, 3.8) is 0 Å². The van der Waals surface area contributed by atoms with Gasteiger partial charge in [-0.05, 0) is 60.4 Å². The molecule has 3 aromatic rings. The first-order valence-electron chi connectivity index (χ1n) is 10.7. The van der Waals surface area contributed by atoms with Crippen LogP contribution >= 0.6 is 0 Å². The topological polar surface area (TPSA) is 52.6 Å². The van der Waals surface area contributed by atoms with Gasteiger partial charge in [-0.1, -0.05) is 42.5 Å².